The van der Waals surface area contributed by atoms with Gasteiger partial charge in [-0.15, -0.1) is 0 Å². The lowest BCUT2D eigenvalue weighted by atomic mass is 10.2. The van der Waals surface area contributed by atoms with Crippen LogP contribution in [0.5, 0.6) is 0 Å². The van der Waals surface area contributed by atoms with E-state index < -0.39 is 23.8 Å². The average molecular weight is 298 g/mol. The molecule has 1 aromatic rings. The summed E-state index contributed by atoms with van der Waals surface area (Å²) in [6.07, 6.45) is -3.23. The van der Waals surface area contributed by atoms with Crippen molar-refractivity contribution in [3.8, 4) is 0 Å². The largest absolute Gasteiger partial charge is 0.469 e. The number of rotatable bonds is 3. The maximum atomic E-state index is 13.2. The van der Waals surface area contributed by atoms with Crippen molar-refractivity contribution in [3.05, 3.63) is 27.7 Å². The monoisotopic (exact) mass is 297 g/mol. The molecule has 0 N–H and O–H groups in total. The van der Waals surface area contributed by atoms with Gasteiger partial charge in [0.15, 0.2) is 0 Å². The van der Waals surface area contributed by atoms with E-state index in [1.165, 1.54) is 7.11 Å². The number of esters is 1. The molecule has 0 aliphatic heterocycles. The van der Waals surface area contributed by atoms with Crippen LogP contribution in [0.15, 0.2) is 10.7 Å². The van der Waals surface area contributed by atoms with Gasteiger partial charge in [0.2, 0.25) is 0 Å². The number of pyridine rings is 1. The number of carbonyl (C=O) groups is 1. The lowest BCUT2D eigenvalue weighted by Gasteiger charge is -2.06. The summed E-state index contributed by atoms with van der Waals surface area (Å²) in [6, 6.07) is 0.795. The SMILES string of the molecule is COC(=O)Cc1cc(F)c(C(F)F)c(Br)n1. The summed E-state index contributed by atoms with van der Waals surface area (Å²) in [5.74, 6) is -1.72. The molecule has 7 heteroatoms. The highest BCUT2D eigenvalue weighted by Crippen LogP contribution is 2.28. The Balaban J connectivity index is 3.05. The first kappa shape index (κ1) is 13.0. The van der Waals surface area contributed by atoms with Crippen LogP contribution >= 0.6 is 15.9 Å². The summed E-state index contributed by atoms with van der Waals surface area (Å²) in [7, 11) is 1.17. The smallest absolute Gasteiger partial charge is 0.311 e. The van der Waals surface area contributed by atoms with E-state index in [4.69, 9.17) is 0 Å². The molecule has 1 heterocycles. The standard InChI is InChI=1S/C9H7BrF3NO2/c1-16-6(15)3-4-2-5(11)7(9(12)13)8(10)14-4/h2,9H,3H2,1H3. The lowest BCUT2D eigenvalue weighted by molar-refractivity contribution is -0.139. The highest BCUT2D eigenvalue weighted by atomic mass is 79.9. The minimum atomic E-state index is -2.96. The number of methoxy groups -OCH3 is 1. The van der Waals surface area contributed by atoms with Gasteiger partial charge < -0.3 is 4.74 Å². The number of halogens is 4. The maximum absolute atomic E-state index is 13.2. The summed E-state index contributed by atoms with van der Waals surface area (Å²) in [5.41, 5.74) is -0.783. The van der Waals surface area contributed by atoms with Crippen molar-refractivity contribution in [2.24, 2.45) is 0 Å². The molecule has 1 rings (SSSR count). The van der Waals surface area contributed by atoms with Gasteiger partial charge in [-0.1, -0.05) is 0 Å². The first-order chi connectivity index (χ1) is 7.45. The van der Waals surface area contributed by atoms with Gasteiger partial charge in [-0.3, -0.25) is 4.79 Å². The molecule has 0 saturated heterocycles. The second-order valence-electron chi connectivity index (χ2n) is 2.85. The Morgan fingerprint density at radius 1 is 1.62 bits per heavy atom. The maximum Gasteiger partial charge on any atom is 0.311 e. The molecule has 16 heavy (non-hydrogen) atoms. The number of aromatic nitrogens is 1. The zero-order valence-electron chi connectivity index (χ0n) is 8.14. The fourth-order valence-corrected chi connectivity index (χ4v) is 1.64. The van der Waals surface area contributed by atoms with Crippen LogP contribution in [0, 0.1) is 5.82 Å². The van der Waals surface area contributed by atoms with Crippen LogP contribution in [-0.4, -0.2) is 18.1 Å². The highest BCUT2D eigenvalue weighted by molar-refractivity contribution is 9.10. The predicted molar refractivity (Wildman–Crippen MR) is 52.6 cm³/mol. The van der Waals surface area contributed by atoms with Crippen LogP contribution in [0.25, 0.3) is 0 Å². The van der Waals surface area contributed by atoms with Gasteiger partial charge >= 0.3 is 5.97 Å². The number of ether oxygens (including phenoxy) is 1. The zero-order chi connectivity index (χ0) is 12.3. The highest BCUT2D eigenvalue weighted by Gasteiger charge is 2.20. The number of nitrogens with zero attached hydrogens (tertiary/aromatic N) is 1. The van der Waals surface area contributed by atoms with Crippen molar-refractivity contribution in [3.63, 3.8) is 0 Å². The van der Waals surface area contributed by atoms with E-state index in [1.807, 2.05) is 0 Å². The molecule has 0 atom stereocenters. The van der Waals surface area contributed by atoms with Gasteiger partial charge in [-0.05, 0) is 22.0 Å². The molecule has 88 valence electrons. The third kappa shape index (κ3) is 2.94. The van der Waals surface area contributed by atoms with E-state index in [2.05, 4.69) is 25.7 Å². The van der Waals surface area contributed by atoms with Crippen LogP contribution in [-0.2, 0) is 16.0 Å². The molecule has 0 amide bonds. The summed E-state index contributed by atoms with van der Waals surface area (Å²) in [4.78, 5) is 14.5. The van der Waals surface area contributed by atoms with Crippen molar-refractivity contribution < 1.29 is 22.7 Å². The first-order valence-electron chi connectivity index (χ1n) is 4.15. The third-order valence-corrected chi connectivity index (χ3v) is 2.39. The van der Waals surface area contributed by atoms with E-state index in [0.29, 0.717) is 0 Å². The molecule has 0 unspecified atom stereocenters. The van der Waals surface area contributed by atoms with Gasteiger partial charge in [0.25, 0.3) is 6.43 Å². The molecular weight excluding hydrogens is 291 g/mol. The Labute approximate surface area is 97.8 Å². The van der Waals surface area contributed by atoms with Crippen LogP contribution in [0.1, 0.15) is 17.7 Å². The summed E-state index contributed by atoms with van der Waals surface area (Å²) in [6.45, 7) is 0. The molecule has 0 saturated carbocycles. The fraction of sp³-hybridized carbons (Fsp3) is 0.333. The van der Waals surface area contributed by atoms with Crippen molar-refractivity contribution >= 4 is 21.9 Å². The van der Waals surface area contributed by atoms with Gasteiger partial charge in [-0.2, -0.15) is 0 Å². The molecule has 1 aromatic heterocycles. The van der Waals surface area contributed by atoms with Crippen molar-refractivity contribution in [1.29, 1.82) is 0 Å². The lowest BCUT2D eigenvalue weighted by Crippen LogP contribution is -2.08. The molecule has 0 spiro atoms. The van der Waals surface area contributed by atoms with Crippen LogP contribution in [0.3, 0.4) is 0 Å². The van der Waals surface area contributed by atoms with Crippen molar-refractivity contribution in [2.45, 2.75) is 12.8 Å². The number of hydrogen-bond acceptors (Lipinski definition) is 3. The van der Waals surface area contributed by atoms with Gasteiger partial charge in [0, 0.05) is 0 Å². The third-order valence-electron chi connectivity index (χ3n) is 1.79. The molecule has 0 aliphatic rings. The Kier molecular flexibility index (Phi) is 4.28. The number of hydrogen-bond donors (Lipinski definition) is 0. The van der Waals surface area contributed by atoms with E-state index in [0.717, 1.165) is 6.07 Å². The van der Waals surface area contributed by atoms with Crippen LogP contribution < -0.4 is 0 Å². The zero-order valence-corrected chi connectivity index (χ0v) is 9.72. The normalized spacial score (nSPS) is 10.6. The average Bonchev–Trinajstić information content (AvgIpc) is 2.15. The number of carbonyl (C=O) groups excluding carboxylic acids is 1. The summed E-state index contributed by atoms with van der Waals surface area (Å²) < 4.78 is 42.0. The van der Waals surface area contributed by atoms with E-state index >= 15 is 0 Å². The Bertz CT molecular complexity index is 389. The molecule has 0 radical (unpaired) electrons. The summed E-state index contributed by atoms with van der Waals surface area (Å²) in [5, 5.41) is 0. The second kappa shape index (κ2) is 5.29. The minimum absolute atomic E-state index is 0.0284. The fourth-order valence-electron chi connectivity index (χ4n) is 1.05. The molecule has 3 nitrogen and oxygen atoms in total. The van der Waals surface area contributed by atoms with E-state index in [1.54, 1.807) is 0 Å². The first-order valence-corrected chi connectivity index (χ1v) is 4.94. The van der Waals surface area contributed by atoms with Gasteiger partial charge in [0.1, 0.15) is 10.4 Å². The van der Waals surface area contributed by atoms with Crippen LogP contribution in [0.4, 0.5) is 13.2 Å². The Hall–Kier alpha value is -1.11. The molecule has 0 aromatic carbocycles. The van der Waals surface area contributed by atoms with Gasteiger partial charge in [-0.25, -0.2) is 18.2 Å². The summed E-state index contributed by atoms with van der Waals surface area (Å²) >= 11 is 2.73. The predicted octanol–water partition coefficient (Wildman–Crippen LogP) is 2.64. The topological polar surface area (TPSA) is 39.2 Å². The minimum Gasteiger partial charge on any atom is -0.469 e. The molecular formula is C9H7BrF3NO2. The quantitative estimate of drug-likeness (QED) is 0.636. The van der Waals surface area contributed by atoms with Crippen molar-refractivity contribution in [2.75, 3.05) is 7.11 Å². The number of alkyl halides is 2. The Morgan fingerprint density at radius 2 is 2.25 bits per heavy atom. The van der Waals surface area contributed by atoms with Crippen molar-refractivity contribution in [1.82, 2.24) is 4.98 Å². The molecule has 0 bridgehead atoms. The molecule has 0 aliphatic carbocycles. The van der Waals surface area contributed by atoms with E-state index in [9.17, 15) is 18.0 Å². The van der Waals surface area contributed by atoms with Crippen LogP contribution in [0.2, 0.25) is 0 Å². The molecule has 0 fully saturated rings. The Morgan fingerprint density at radius 3 is 2.69 bits per heavy atom. The van der Waals surface area contributed by atoms with E-state index in [-0.39, 0.29) is 16.7 Å². The second-order valence-corrected chi connectivity index (χ2v) is 3.60. The van der Waals surface area contributed by atoms with Gasteiger partial charge in [0.05, 0.1) is 24.8 Å².